The molecule has 1 unspecified atom stereocenters. The summed E-state index contributed by atoms with van der Waals surface area (Å²) in [7, 11) is 1.37. The highest BCUT2D eigenvalue weighted by Gasteiger charge is 2.15. The van der Waals surface area contributed by atoms with E-state index in [4.69, 9.17) is 14.2 Å². The number of methoxy groups -OCH3 is 1. The van der Waals surface area contributed by atoms with Crippen LogP contribution in [0.5, 0.6) is 0 Å². The highest BCUT2D eigenvalue weighted by atomic mass is 79.9. The molecule has 1 saturated heterocycles. The molecule has 2 rings (SSSR count). The van der Waals surface area contributed by atoms with E-state index < -0.39 is 0 Å². The van der Waals surface area contributed by atoms with Crippen molar-refractivity contribution in [3.63, 3.8) is 0 Å². The molecule has 0 bridgehead atoms. The van der Waals surface area contributed by atoms with Gasteiger partial charge >= 0.3 is 5.97 Å². The summed E-state index contributed by atoms with van der Waals surface area (Å²) in [6.45, 7) is 1.17. The molecule has 5 heteroatoms. The Kier molecular flexibility index (Phi) is 5.36. The molecule has 0 amide bonds. The van der Waals surface area contributed by atoms with Crippen molar-refractivity contribution in [3.05, 3.63) is 33.8 Å². The van der Waals surface area contributed by atoms with Gasteiger partial charge in [-0.25, -0.2) is 4.79 Å². The highest BCUT2D eigenvalue weighted by Crippen LogP contribution is 2.22. The van der Waals surface area contributed by atoms with Crippen molar-refractivity contribution in [2.75, 3.05) is 13.7 Å². The number of hydrogen-bond acceptors (Lipinski definition) is 4. The van der Waals surface area contributed by atoms with Gasteiger partial charge in [-0.05, 0) is 43.0 Å². The molecule has 0 aliphatic carbocycles. The Morgan fingerprint density at radius 3 is 3.00 bits per heavy atom. The molecular weight excluding hydrogens is 312 g/mol. The average Bonchev–Trinajstić information content (AvgIpc) is 2.46. The second kappa shape index (κ2) is 7.03. The van der Waals surface area contributed by atoms with Gasteiger partial charge in [0.1, 0.15) is 0 Å². The lowest BCUT2D eigenvalue weighted by molar-refractivity contribution is -0.169. The minimum Gasteiger partial charge on any atom is -0.465 e. The third-order valence-electron chi connectivity index (χ3n) is 3.03. The number of esters is 1. The van der Waals surface area contributed by atoms with Gasteiger partial charge in [-0.1, -0.05) is 15.9 Å². The molecular formula is C14H17BrO4. The first kappa shape index (κ1) is 14.5. The van der Waals surface area contributed by atoms with E-state index in [9.17, 15) is 4.79 Å². The van der Waals surface area contributed by atoms with Gasteiger partial charge < -0.3 is 14.2 Å². The van der Waals surface area contributed by atoms with Crippen LogP contribution in [0.15, 0.2) is 22.7 Å². The second-order valence-electron chi connectivity index (χ2n) is 4.40. The summed E-state index contributed by atoms with van der Waals surface area (Å²) in [4.78, 5) is 11.5. The molecule has 1 aromatic rings. The van der Waals surface area contributed by atoms with Gasteiger partial charge in [-0.2, -0.15) is 0 Å². The molecule has 1 fully saturated rings. The van der Waals surface area contributed by atoms with Crippen molar-refractivity contribution >= 4 is 21.9 Å². The lowest BCUT2D eigenvalue weighted by atomic mass is 10.1. The summed E-state index contributed by atoms with van der Waals surface area (Å²) in [5.74, 6) is -0.345. The highest BCUT2D eigenvalue weighted by molar-refractivity contribution is 9.10. The Morgan fingerprint density at radius 1 is 1.47 bits per heavy atom. The van der Waals surface area contributed by atoms with Crippen LogP contribution in [0.3, 0.4) is 0 Å². The number of ether oxygens (including phenoxy) is 3. The lowest BCUT2D eigenvalue weighted by Crippen LogP contribution is -2.22. The lowest BCUT2D eigenvalue weighted by Gasteiger charge is -2.23. The van der Waals surface area contributed by atoms with E-state index in [1.54, 1.807) is 12.1 Å². The van der Waals surface area contributed by atoms with Crippen LogP contribution in [0.4, 0.5) is 0 Å². The molecule has 0 radical (unpaired) electrons. The second-order valence-corrected chi connectivity index (χ2v) is 5.26. The monoisotopic (exact) mass is 328 g/mol. The van der Waals surface area contributed by atoms with Gasteiger partial charge in [-0.15, -0.1) is 0 Å². The van der Waals surface area contributed by atoms with Gasteiger partial charge in [0.25, 0.3) is 0 Å². The van der Waals surface area contributed by atoms with Crippen LogP contribution in [0.2, 0.25) is 0 Å². The van der Waals surface area contributed by atoms with Crippen LogP contribution in [0.1, 0.15) is 35.2 Å². The molecule has 104 valence electrons. The summed E-state index contributed by atoms with van der Waals surface area (Å²) in [6, 6.07) is 5.32. The Morgan fingerprint density at radius 2 is 2.32 bits per heavy atom. The molecule has 19 heavy (non-hydrogen) atoms. The largest absolute Gasteiger partial charge is 0.465 e. The number of benzene rings is 1. The fourth-order valence-corrected chi connectivity index (χ4v) is 2.32. The zero-order valence-corrected chi connectivity index (χ0v) is 12.4. The number of rotatable bonds is 4. The van der Waals surface area contributed by atoms with Crippen LogP contribution >= 0.6 is 15.9 Å². The predicted octanol–water partition coefficient (Wildman–Crippen LogP) is 3.28. The molecule has 1 atom stereocenters. The zero-order valence-electron chi connectivity index (χ0n) is 10.9. The van der Waals surface area contributed by atoms with E-state index in [1.807, 2.05) is 6.07 Å². The summed E-state index contributed by atoms with van der Waals surface area (Å²) < 4.78 is 16.8. The Hall–Kier alpha value is -0.910. The van der Waals surface area contributed by atoms with Crippen LogP contribution < -0.4 is 0 Å². The number of carbonyl (C=O) groups excluding carboxylic acids is 1. The van der Waals surface area contributed by atoms with Crippen molar-refractivity contribution in [1.82, 2.24) is 0 Å². The number of hydrogen-bond donors (Lipinski definition) is 0. The first-order chi connectivity index (χ1) is 9.20. The first-order valence-electron chi connectivity index (χ1n) is 6.30. The predicted molar refractivity (Wildman–Crippen MR) is 73.9 cm³/mol. The first-order valence-corrected chi connectivity index (χ1v) is 7.10. The third kappa shape index (κ3) is 4.03. The Balaban J connectivity index is 2.00. The standard InChI is InChI=1S/C14H17BrO4/c1-17-14(16)10-5-6-12(15)11(8-10)9-19-13-4-2-3-7-18-13/h5-6,8,13H,2-4,7,9H2,1H3. The molecule has 1 heterocycles. The van der Waals surface area contributed by atoms with Crippen molar-refractivity contribution in [3.8, 4) is 0 Å². The van der Waals surface area contributed by atoms with Crippen LogP contribution in [0, 0.1) is 0 Å². The van der Waals surface area contributed by atoms with Gasteiger partial charge in [0.2, 0.25) is 0 Å². The van der Waals surface area contributed by atoms with Crippen molar-refractivity contribution in [2.24, 2.45) is 0 Å². The summed E-state index contributed by atoms with van der Waals surface area (Å²) in [5, 5.41) is 0. The van der Waals surface area contributed by atoms with E-state index in [1.165, 1.54) is 7.11 Å². The quantitative estimate of drug-likeness (QED) is 0.795. The molecule has 0 N–H and O–H groups in total. The van der Waals surface area contributed by atoms with E-state index in [0.717, 1.165) is 35.9 Å². The average molecular weight is 329 g/mol. The van der Waals surface area contributed by atoms with Crippen molar-refractivity contribution in [2.45, 2.75) is 32.2 Å². The minimum absolute atomic E-state index is 0.137. The molecule has 0 spiro atoms. The van der Waals surface area contributed by atoms with Crippen molar-refractivity contribution < 1.29 is 19.0 Å². The zero-order chi connectivity index (χ0) is 13.7. The molecule has 4 nitrogen and oxygen atoms in total. The maximum Gasteiger partial charge on any atom is 0.337 e. The fraction of sp³-hybridized carbons (Fsp3) is 0.500. The SMILES string of the molecule is COC(=O)c1ccc(Br)c(COC2CCCCO2)c1. The van der Waals surface area contributed by atoms with E-state index in [2.05, 4.69) is 15.9 Å². The van der Waals surface area contributed by atoms with E-state index >= 15 is 0 Å². The normalized spacial score (nSPS) is 19.2. The van der Waals surface area contributed by atoms with Crippen LogP contribution in [-0.2, 0) is 20.8 Å². The van der Waals surface area contributed by atoms with Crippen LogP contribution in [0.25, 0.3) is 0 Å². The summed E-state index contributed by atoms with van der Waals surface area (Å²) in [5.41, 5.74) is 1.44. The minimum atomic E-state index is -0.345. The molecule has 0 saturated carbocycles. The number of carbonyl (C=O) groups is 1. The smallest absolute Gasteiger partial charge is 0.337 e. The Labute approximate surface area is 121 Å². The summed E-state index contributed by atoms with van der Waals surface area (Å²) >= 11 is 3.45. The Bertz CT molecular complexity index is 441. The third-order valence-corrected chi connectivity index (χ3v) is 3.80. The maximum atomic E-state index is 11.5. The van der Waals surface area contributed by atoms with Gasteiger partial charge in [0.15, 0.2) is 6.29 Å². The molecule has 1 aliphatic heterocycles. The van der Waals surface area contributed by atoms with E-state index in [-0.39, 0.29) is 12.3 Å². The molecule has 0 aromatic heterocycles. The molecule has 1 aliphatic rings. The fourth-order valence-electron chi connectivity index (χ4n) is 1.96. The van der Waals surface area contributed by atoms with Gasteiger partial charge in [-0.3, -0.25) is 0 Å². The molecule has 1 aromatic carbocycles. The van der Waals surface area contributed by atoms with Crippen LogP contribution in [-0.4, -0.2) is 26.0 Å². The maximum absolute atomic E-state index is 11.5. The van der Waals surface area contributed by atoms with E-state index in [0.29, 0.717) is 12.2 Å². The topological polar surface area (TPSA) is 44.8 Å². The summed E-state index contributed by atoms with van der Waals surface area (Å²) in [6.07, 6.45) is 3.02. The van der Waals surface area contributed by atoms with Crippen molar-refractivity contribution in [1.29, 1.82) is 0 Å². The number of halogens is 1. The van der Waals surface area contributed by atoms with Gasteiger partial charge in [0, 0.05) is 11.1 Å². The van der Waals surface area contributed by atoms with Gasteiger partial charge in [0.05, 0.1) is 19.3 Å².